The molecule has 0 nitrogen and oxygen atoms in total. The molecule has 1 aliphatic rings. The van der Waals surface area contributed by atoms with E-state index in [9.17, 15) is 0 Å². The van der Waals surface area contributed by atoms with Crippen molar-refractivity contribution < 1.29 is 0 Å². The Labute approximate surface area is 105 Å². The largest absolute Gasteiger partial charge is 0.0727 e. The van der Waals surface area contributed by atoms with Crippen LogP contribution in [0.25, 0.3) is 5.57 Å². The van der Waals surface area contributed by atoms with Crippen LogP contribution in [0.2, 0.25) is 0 Å². The topological polar surface area (TPSA) is 0 Å². The Morgan fingerprint density at radius 1 is 1.12 bits per heavy atom. The van der Waals surface area contributed by atoms with Crippen LogP contribution >= 0.6 is 0 Å². The highest BCUT2D eigenvalue weighted by molar-refractivity contribution is 5.72. The van der Waals surface area contributed by atoms with E-state index in [4.69, 9.17) is 0 Å². The normalized spacial score (nSPS) is 19.8. The maximum atomic E-state index is 2.33. The molecular weight excluding hydrogens is 204 g/mol. The van der Waals surface area contributed by atoms with Crippen LogP contribution in [0.5, 0.6) is 0 Å². The van der Waals surface area contributed by atoms with Gasteiger partial charge in [0, 0.05) is 0 Å². The molecule has 0 saturated carbocycles. The highest BCUT2D eigenvalue weighted by Crippen LogP contribution is 2.36. The lowest BCUT2D eigenvalue weighted by molar-refractivity contribution is 0.585. The maximum Gasteiger partial charge on any atom is -0.0119 e. The SMILES string of the molecule is CCCC1CC(C)=CC=C1c1ccccc1C. The van der Waals surface area contributed by atoms with Gasteiger partial charge in [0.05, 0.1) is 0 Å². The third-order valence-electron chi connectivity index (χ3n) is 3.65. The van der Waals surface area contributed by atoms with Crippen molar-refractivity contribution in [3.05, 3.63) is 53.1 Å². The van der Waals surface area contributed by atoms with Gasteiger partial charge in [0.2, 0.25) is 0 Å². The molecule has 17 heavy (non-hydrogen) atoms. The van der Waals surface area contributed by atoms with Crippen molar-refractivity contribution in [2.45, 2.75) is 40.0 Å². The van der Waals surface area contributed by atoms with E-state index < -0.39 is 0 Å². The summed E-state index contributed by atoms with van der Waals surface area (Å²) in [6.45, 7) is 6.74. The van der Waals surface area contributed by atoms with E-state index >= 15 is 0 Å². The molecule has 0 fully saturated rings. The number of benzene rings is 1. The summed E-state index contributed by atoms with van der Waals surface area (Å²) in [6.07, 6.45) is 8.41. The van der Waals surface area contributed by atoms with Crippen LogP contribution in [0, 0.1) is 12.8 Å². The van der Waals surface area contributed by atoms with Gasteiger partial charge in [-0.2, -0.15) is 0 Å². The van der Waals surface area contributed by atoms with Gasteiger partial charge in [0.15, 0.2) is 0 Å². The minimum atomic E-state index is 0.714. The second-order valence-electron chi connectivity index (χ2n) is 5.14. The standard InChI is InChI=1S/C17H22/c1-4-7-15-12-13(2)10-11-17(15)16-9-6-5-8-14(16)3/h5-6,8-11,15H,4,7,12H2,1-3H3. The molecule has 1 unspecified atom stereocenters. The first-order valence-electron chi connectivity index (χ1n) is 6.65. The zero-order chi connectivity index (χ0) is 12.3. The predicted octanol–water partition coefficient (Wildman–Crippen LogP) is 5.14. The van der Waals surface area contributed by atoms with Crippen LogP contribution in [0.15, 0.2) is 42.0 Å². The third-order valence-corrected chi connectivity index (χ3v) is 3.65. The van der Waals surface area contributed by atoms with Gasteiger partial charge in [-0.05, 0) is 49.3 Å². The lowest BCUT2D eigenvalue weighted by Gasteiger charge is -2.25. The molecule has 0 spiro atoms. The summed E-state index contributed by atoms with van der Waals surface area (Å²) in [5, 5.41) is 0. The van der Waals surface area contributed by atoms with Gasteiger partial charge >= 0.3 is 0 Å². The average Bonchev–Trinajstić information content (AvgIpc) is 2.31. The van der Waals surface area contributed by atoms with Crippen molar-refractivity contribution in [1.82, 2.24) is 0 Å². The van der Waals surface area contributed by atoms with E-state index in [-0.39, 0.29) is 0 Å². The molecule has 0 aromatic heterocycles. The Balaban J connectivity index is 2.37. The molecule has 0 N–H and O–H groups in total. The molecule has 0 amide bonds. The van der Waals surface area contributed by atoms with Crippen molar-refractivity contribution >= 4 is 5.57 Å². The van der Waals surface area contributed by atoms with E-state index in [1.807, 2.05) is 0 Å². The third kappa shape index (κ3) is 2.69. The summed E-state index contributed by atoms with van der Waals surface area (Å²) >= 11 is 0. The molecule has 1 aromatic rings. The first kappa shape index (κ1) is 12.2. The van der Waals surface area contributed by atoms with Crippen LogP contribution in [-0.2, 0) is 0 Å². The van der Waals surface area contributed by atoms with E-state index in [1.54, 1.807) is 0 Å². The Bertz CT molecular complexity index is 449. The van der Waals surface area contributed by atoms with Gasteiger partial charge in [-0.3, -0.25) is 0 Å². The van der Waals surface area contributed by atoms with Gasteiger partial charge < -0.3 is 0 Å². The first-order chi connectivity index (χ1) is 8.22. The van der Waals surface area contributed by atoms with E-state index in [0.717, 1.165) is 0 Å². The minimum absolute atomic E-state index is 0.714. The number of allylic oxidation sites excluding steroid dienone is 4. The number of aryl methyl sites for hydroxylation is 1. The zero-order valence-electron chi connectivity index (χ0n) is 11.2. The monoisotopic (exact) mass is 226 g/mol. The summed E-state index contributed by atoms with van der Waals surface area (Å²) in [6, 6.07) is 8.75. The summed E-state index contributed by atoms with van der Waals surface area (Å²) in [5.41, 5.74) is 5.89. The van der Waals surface area contributed by atoms with Crippen molar-refractivity contribution in [1.29, 1.82) is 0 Å². The molecule has 0 heteroatoms. The molecule has 1 aliphatic carbocycles. The first-order valence-corrected chi connectivity index (χ1v) is 6.65. The Hall–Kier alpha value is -1.30. The summed E-state index contributed by atoms with van der Waals surface area (Å²) < 4.78 is 0. The Kier molecular flexibility index (Phi) is 3.83. The zero-order valence-corrected chi connectivity index (χ0v) is 11.2. The smallest absolute Gasteiger partial charge is 0.0119 e. The van der Waals surface area contributed by atoms with E-state index in [2.05, 4.69) is 57.2 Å². The van der Waals surface area contributed by atoms with Crippen LogP contribution < -0.4 is 0 Å². The average molecular weight is 226 g/mol. The molecule has 1 aromatic carbocycles. The van der Waals surface area contributed by atoms with Crippen molar-refractivity contribution in [3.63, 3.8) is 0 Å². The fraction of sp³-hybridized carbons (Fsp3) is 0.412. The highest BCUT2D eigenvalue weighted by atomic mass is 14.2. The fourth-order valence-electron chi connectivity index (χ4n) is 2.75. The summed E-state index contributed by atoms with van der Waals surface area (Å²) in [5.74, 6) is 0.714. The van der Waals surface area contributed by atoms with Crippen molar-refractivity contribution in [2.75, 3.05) is 0 Å². The second-order valence-corrected chi connectivity index (χ2v) is 5.14. The molecule has 0 aliphatic heterocycles. The molecule has 0 heterocycles. The molecule has 0 bridgehead atoms. The van der Waals surface area contributed by atoms with Crippen LogP contribution in [0.1, 0.15) is 44.2 Å². The Morgan fingerprint density at radius 3 is 2.59 bits per heavy atom. The molecule has 90 valence electrons. The van der Waals surface area contributed by atoms with Crippen LogP contribution in [-0.4, -0.2) is 0 Å². The molecule has 0 radical (unpaired) electrons. The lowest BCUT2D eigenvalue weighted by Crippen LogP contribution is -2.08. The number of rotatable bonds is 3. The van der Waals surface area contributed by atoms with Crippen LogP contribution in [0.3, 0.4) is 0 Å². The minimum Gasteiger partial charge on any atom is -0.0727 e. The van der Waals surface area contributed by atoms with Crippen molar-refractivity contribution in [2.24, 2.45) is 5.92 Å². The molecule has 2 rings (SSSR count). The van der Waals surface area contributed by atoms with Gasteiger partial charge in [0.25, 0.3) is 0 Å². The lowest BCUT2D eigenvalue weighted by atomic mass is 9.80. The van der Waals surface area contributed by atoms with Gasteiger partial charge in [-0.15, -0.1) is 0 Å². The number of hydrogen-bond acceptors (Lipinski definition) is 0. The summed E-state index contributed by atoms with van der Waals surface area (Å²) in [7, 11) is 0. The quantitative estimate of drug-likeness (QED) is 0.669. The van der Waals surface area contributed by atoms with Crippen LogP contribution in [0.4, 0.5) is 0 Å². The van der Waals surface area contributed by atoms with E-state index in [0.29, 0.717) is 5.92 Å². The van der Waals surface area contributed by atoms with Crippen molar-refractivity contribution in [3.8, 4) is 0 Å². The van der Waals surface area contributed by atoms with E-state index in [1.165, 1.54) is 41.5 Å². The molecule has 1 atom stereocenters. The fourth-order valence-corrected chi connectivity index (χ4v) is 2.75. The maximum absolute atomic E-state index is 2.33. The number of hydrogen-bond donors (Lipinski definition) is 0. The molecular formula is C17H22. The molecule has 0 saturated heterocycles. The summed E-state index contributed by atoms with van der Waals surface area (Å²) in [4.78, 5) is 0. The van der Waals surface area contributed by atoms with Gasteiger partial charge in [0.1, 0.15) is 0 Å². The Morgan fingerprint density at radius 2 is 1.88 bits per heavy atom. The second kappa shape index (κ2) is 5.35. The highest BCUT2D eigenvalue weighted by Gasteiger charge is 2.19. The van der Waals surface area contributed by atoms with Gasteiger partial charge in [-0.25, -0.2) is 0 Å². The predicted molar refractivity (Wildman–Crippen MR) is 75.9 cm³/mol. The van der Waals surface area contributed by atoms with Gasteiger partial charge in [-0.1, -0.05) is 55.3 Å².